The number of rotatable bonds is 4. The molecular weight excluding hydrogens is 377 g/mol. The number of allylic oxidation sites excluding steroid dienone is 1. The number of sulfone groups is 1. The van der Waals surface area contributed by atoms with Gasteiger partial charge in [-0.2, -0.15) is 18.4 Å². The van der Waals surface area contributed by atoms with Crippen LogP contribution in [0.15, 0.2) is 51.6 Å². The molecule has 1 aliphatic rings. The van der Waals surface area contributed by atoms with E-state index >= 15 is 0 Å². The van der Waals surface area contributed by atoms with Gasteiger partial charge in [0.05, 0.1) is 28.7 Å². The summed E-state index contributed by atoms with van der Waals surface area (Å²) in [7, 11) is -4.49. The summed E-state index contributed by atoms with van der Waals surface area (Å²) in [5, 5.41) is 7.03. The average Bonchev–Trinajstić information content (AvgIpc) is 2.93. The first kappa shape index (κ1) is 20.7. The molecule has 0 saturated carbocycles. The smallest absolute Gasteiger partial charge is 0.237 e. The number of halogens is 3. The minimum absolute atomic E-state index is 0.180. The Morgan fingerprint density at radius 2 is 1.85 bits per heavy atom. The summed E-state index contributed by atoms with van der Waals surface area (Å²) in [5.74, 6) is 0.180. The Kier molecular flexibility index (Phi) is 5.53. The second kappa shape index (κ2) is 7.21. The molecule has 0 heterocycles. The van der Waals surface area contributed by atoms with Crippen LogP contribution in [-0.4, -0.2) is 19.8 Å². The molecule has 1 aromatic carbocycles. The van der Waals surface area contributed by atoms with E-state index in [2.05, 4.69) is 4.85 Å². The molecule has 1 aromatic rings. The van der Waals surface area contributed by atoms with E-state index in [0.29, 0.717) is 0 Å². The van der Waals surface area contributed by atoms with Crippen LogP contribution in [0.25, 0.3) is 4.85 Å². The molecule has 0 amide bonds. The normalized spacial score (nSPS) is 19.0. The van der Waals surface area contributed by atoms with Crippen molar-refractivity contribution in [2.45, 2.75) is 49.4 Å². The van der Waals surface area contributed by atoms with Crippen LogP contribution in [0.2, 0.25) is 0 Å². The standard InChI is InChI=1S/C19H17F3N2O2S/c1-5-11(2)13-6-8-14(9-7-13)27(25,26)18-12(3)17(24-4)15(10-23)16(18)19(20,21)22/h6-9,11,18H,5H2,1-3H3. The van der Waals surface area contributed by atoms with Crippen molar-refractivity contribution in [2.24, 2.45) is 0 Å². The molecule has 27 heavy (non-hydrogen) atoms. The molecule has 142 valence electrons. The molecule has 0 radical (unpaired) electrons. The molecule has 0 aliphatic heterocycles. The Bertz CT molecular complexity index is 1010. The van der Waals surface area contributed by atoms with Gasteiger partial charge in [-0.1, -0.05) is 32.9 Å². The van der Waals surface area contributed by atoms with Crippen LogP contribution in [0.5, 0.6) is 0 Å². The van der Waals surface area contributed by atoms with Crippen molar-refractivity contribution in [1.29, 1.82) is 5.26 Å². The zero-order valence-corrected chi connectivity index (χ0v) is 15.7. The number of hydrogen-bond acceptors (Lipinski definition) is 3. The predicted molar refractivity (Wildman–Crippen MR) is 94.1 cm³/mol. The van der Waals surface area contributed by atoms with Gasteiger partial charge in [0.15, 0.2) is 9.84 Å². The lowest BCUT2D eigenvalue weighted by atomic mass is 9.99. The van der Waals surface area contributed by atoms with E-state index in [0.717, 1.165) is 18.9 Å². The Morgan fingerprint density at radius 1 is 1.30 bits per heavy atom. The Labute approximate surface area is 156 Å². The molecule has 1 aliphatic carbocycles. The molecule has 0 saturated heterocycles. The monoisotopic (exact) mass is 394 g/mol. The van der Waals surface area contributed by atoms with Crippen molar-refractivity contribution >= 4 is 9.84 Å². The number of nitriles is 1. The van der Waals surface area contributed by atoms with Gasteiger partial charge in [-0.3, -0.25) is 0 Å². The summed E-state index contributed by atoms with van der Waals surface area (Å²) < 4.78 is 66.8. The second-order valence-electron chi connectivity index (χ2n) is 6.35. The Morgan fingerprint density at radius 3 is 2.26 bits per heavy atom. The van der Waals surface area contributed by atoms with Crippen LogP contribution in [0.1, 0.15) is 38.7 Å². The highest BCUT2D eigenvalue weighted by Crippen LogP contribution is 2.46. The van der Waals surface area contributed by atoms with E-state index in [9.17, 15) is 21.6 Å². The van der Waals surface area contributed by atoms with Crippen LogP contribution >= 0.6 is 0 Å². The summed E-state index contributed by atoms with van der Waals surface area (Å²) in [6.07, 6.45) is -4.22. The van der Waals surface area contributed by atoms with Crippen molar-refractivity contribution in [3.05, 3.63) is 63.7 Å². The largest absolute Gasteiger partial charge is 0.414 e. The van der Waals surface area contributed by atoms with Crippen molar-refractivity contribution in [3.8, 4) is 6.07 Å². The third-order valence-electron chi connectivity index (χ3n) is 4.76. The molecule has 0 bridgehead atoms. The van der Waals surface area contributed by atoms with E-state index in [-0.39, 0.29) is 16.4 Å². The lowest BCUT2D eigenvalue weighted by molar-refractivity contribution is -0.0928. The van der Waals surface area contributed by atoms with Gasteiger partial charge in [-0.25, -0.2) is 13.3 Å². The van der Waals surface area contributed by atoms with Gasteiger partial charge in [0, 0.05) is 0 Å². The molecule has 2 unspecified atom stereocenters. The zero-order chi connectivity index (χ0) is 20.6. The third kappa shape index (κ3) is 3.50. The summed E-state index contributed by atoms with van der Waals surface area (Å²) in [6.45, 7) is 12.2. The topological polar surface area (TPSA) is 62.3 Å². The second-order valence-corrected chi connectivity index (χ2v) is 8.38. The van der Waals surface area contributed by atoms with Gasteiger partial charge in [0.25, 0.3) is 0 Å². The van der Waals surface area contributed by atoms with Crippen LogP contribution in [-0.2, 0) is 9.84 Å². The lowest BCUT2D eigenvalue weighted by Crippen LogP contribution is -2.31. The number of alkyl halides is 3. The minimum Gasteiger partial charge on any atom is -0.237 e. The fraction of sp³-hybridized carbons (Fsp3) is 0.368. The highest BCUT2D eigenvalue weighted by molar-refractivity contribution is 7.92. The quantitative estimate of drug-likeness (QED) is 0.680. The third-order valence-corrected chi connectivity index (χ3v) is 6.90. The van der Waals surface area contributed by atoms with Gasteiger partial charge in [0.1, 0.15) is 5.25 Å². The molecule has 0 aromatic heterocycles. The summed E-state index contributed by atoms with van der Waals surface area (Å²) in [4.78, 5) is 2.70. The van der Waals surface area contributed by atoms with Gasteiger partial charge in [-0.05, 0) is 35.6 Å². The first-order valence-electron chi connectivity index (χ1n) is 8.14. The predicted octanol–water partition coefficient (Wildman–Crippen LogP) is 4.93. The number of hydrogen-bond donors (Lipinski definition) is 0. The maximum absolute atomic E-state index is 13.6. The van der Waals surface area contributed by atoms with Crippen LogP contribution in [0.3, 0.4) is 0 Å². The van der Waals surface area contributed by atoms with E-state index in [1.54, 1.807) is 12.1 Å². The van der Waals surface area contributed by atoms with Crippen molar-refractivity contribution in [1.82, 2.24) is 0 Å². The van der Waals surface area contributed by atoms with Crippen molar-refractivity contribution in [3.63, 3.8) is 0 Å². The average molecular weight is 394 g/mol. The van der Waals surface area contributed by atoms with E-state index in [1.165, 1.54) is 18.2 Å². The molecule has 0 fully saturated rings. The molecule has 0 N–H and O–H groups in total. The van der Waals surface area contributed by atoms with Gasteiger partial charge >= 0.3 is 6.18 Å². The molecule has 2 rings (SSSR count). The SMILES string of the molecule is [C-]#[N+]C1=C(C)C(S(=O)(=O)c2ccc(C(C)CC)cc2)C(C(F)(F)F)=C1C#N. The molecule has 2 atom stereocenters. The van der Waals surface area contributed by atoms with Gasteiger partial charge in [0.2, 0.25) is 5.70 Å². The first-order chi connectivity index (χ1) is 12.5. The summed E-state index contributed by atoms with van der Waals surface area (Å²) >= 11 is 0. The molecule has 4 nitrogen and oxygen atoms in total. The van der Waals surface area contributed by atoms with Crippen LogP contribution < -0.4 is 0 Å². The van der Waals surface area contributed by atoms with E-state index < -0.39 is 38.1 Å². The molecule has 8 heteroatoms. The molecular formula is C19H17F3N2O2S. The summed E-state index contributed by atoms with van der Waals surface area (Å²) in [6, 6.07) is 7.07. The maximum atomic E-state index is 13.6. The molecule has 0 spiro atoms. The lowest BCUT2D eigenvalue weighted by Gasteiger charge is -2.21. The van der Waals surface area contributed by atoms with Crippen molar-refractivity contribution in [2.75, 3.05) is 0 Å². The Hall–Kier alpha value is -2.58. The zero-order valence-electron chi connectivity index (χ0n) is 14.9. The van der Waals surface area contributed by atoms with E-state index in [1.807, 2.05) is 13.8 Å². The van der Waals surface area contributed by atoms with Crippen molar-refractivity contribution < 1.29 is 21.6 Å². The van der Waals surface area contributed by atoms with Gasteiger partial charge in [-0.15, -0.1) is 0 Å². The summed E-state index contributed by atoms with van der Waals surface area (Å²) in [5.41, 5.74) is -2.35. The fourth-order valence-corrected chi connectivity index (χ4v) is 5.02. The highest BCUT2D eigenvalue weighted by atomic mass is 32.2. The number of nitrogens with zero attached hydrogens (tertiary/aromatic N) is 2. The van der Waals surface area contributed by atoms with Crippen LogP contribution in [0.4, 0.5) is 13.2 Å². The van der Waals surface area contributed by atoms with Gasteiger partial charge < -0.3 is 0 Å². The highest BCUT2D eigenvalue weighted by Gasteiger charge is 2.52. The fourth-order valence-electron chi connectivity index (χ4n) is 3.09. The minimum atomic E-state index is -5.05. The maximum Gasteiger partial charge on any atom is 0.414 e. The first-order valence-corrected chi connectivity index (χ1v) is 9.69. The Balaban J connectivity index is 2.67. The number of benzene rings is 1. The van der Waals surface area contributed by atoms with Crippen LogP contribution in [0, 0.1) is 17.9 Å². The van der Waals surface area contributed by atoms with E-state index in [4.69, 9.17) is 11.8 Å².